The Bertz CT molecular complexity index is 1040. The van der Waals surface area contributed by atoms with Gasteiger partial charge in [-0.3, -0.25) is 9.59 Å². The smallest absolute Gasteiger partial charge is 0.338 e. The molecule has 2 heterocycles. The second-order valence-corrected chi connectivity index (χ2v) is 6.82. The van der Waals surface area contributed by atoms with Crippen LogP contribution in [0.15, 0.2) is 58.3 Å². The van der Waals surface area contributed by atoms with Crippen LogP contribution in [0.1, 0.15) is 34.6 Å². The molecule has 1 unspecified atom stereocenters. The number of esters is 2. The number of hydrogen-bond acceptors (Lipinski definition) is 7. The summed E-state index contributed by atoms with van der Waals surface area (Å²) in [7, 11) is 0. The molecule has 0 fully saturated rings. The van der Waals surface area contributed by atoms with Gasteiger partial charge in [0.25, 0.3) is 5.91 Å². The third kappa shape index (κ3) is 5.34. The normalized spacial score (nSPS) is 15.4. The predicted octanol–water partition coefficient (Wildman–Crippen LogP) is 1.73. The average Bonchev–Trinajstić information content (AvgIpc) is 3.31. The molecule has 3 amide bonds. The van der Waals surface area contributed by atoms with Crippen molar-refractivity contribution in [2.75, 3.05) is 19.8 Å². The summed E-state index contributed by atoms with van der Waals surface area (Å²) in [6.45, 7) is 2.75. The van der Waals surface area contributed by atoms with E-state index in [0.717, 1.165) is 5.56 Å². The lowest BCUT2D eigenvalue weighted by Gasteiger charge is -2.27. The van der Waals surface area contributed by atoms with Crippen molar-refractivity contribution in [3.05, 3.63) is 70.8 Å². The Labute approximate surface area is 183 Å². The fraction of sp³-hybridized carbons (Fsp3) is 0.273. The highest BCUT2D eigenvalue weighted by atomic mass is 16.5. The summed E-state index contributed by atoms with van der Waals surface area (Å²) in [4.78, 5) is 49.1. The van der Waals surface area contributed by atoms with Crippen LogP contribution in [0.4, 0.5) is 4.79 Å². The number of amides is 3. The van der Waals surface area contributed by atoms with E-state index in [4.69, 9.17) is 13.9 Å². The van der Waals surface area contributed by atoms with Crippen molar-refractivity contribution in [2.24, 2.45) is 0 Å². The summed E-state index contributed by atoms with van der Waals surface area (Å²) in [6, 6.07) is 8.66. The molecule has 1 aliphatic rings. The minimum Gasteiger partial charge on any atom is -0.467 e. The van der Waals surface area contributed by atoms with Gasteiger partial charge in [0.15, 0.2) is 0 Å². The maximum absolute atomic E-state index is 12.6. The Kier molecular flexibility index (Phi) is 7.27. The lowest BCUT2D eigenvalue weighted by Crippen LogP contribution is -2.47. The highest BCUT2D eigenvalue weighted by Crippen LogP contribution is 2.28. The number of nitrogens with one attached hydrogen (secondary N) is 3. The maximum atomic E-state index is 12.6. The topological polar surface area (TPSA) is 136 Å². The first-order valence-corrected chi connectivity index (χ1v) is 9.91. The van der Waals surface area contributed by atoms with Crippen LogP contribution in [-0.4, -0.2) is 43.6 Å². The Hall–Kier alpha value is -4.08. The molecule has 1 aromatic heterocycles. The van der Waals surface area contributed by atoms with E-state index in [-0.39, 0.29) is 24.4 Å². The van der Waals surface area contributed by atoms with Gasteiger partial charge in [0.1, 0.15) is 25.0 Å². The van der Waals surface area contributed by atoms with E-state index < -0.39 is 36.5 Å². The van der Waals surface area contributed by atoms with Crippen LogP contribution in [-0.2, 0) is 19.1 Å². The molecule has 32 heavy (non-hydrogen) atoms. The van der Waals surface area contributed by atoms with Gasteiger partial charge >= 0.3 is 18.0 Å². The standard InChI is InChI=1S/C22H23N3O7/c1-3-30-21(28)18-15(24-22(29)25-19(18)16-9-6-10-31-16)12-32-17(26)11-23-20(27)14-8-5-4-7-13(14)2/h4-10,19H,3,11-12H2,1-2H3,(H,23,27)(H2,24,25,29). The van der Waals surface area contributed by atoms with Crippen molar-refractivity contribution in [3.8, 4) is 0 Å². The highest BCUT2D eigenvalue weighted by molar-refractivity contribution is 5.97. The highest BCUT2D eigenvalue weighted by Gasteiger charge is 2.35. The first-order valence-electron chi connectivity index (χ1n) is 9.91. The van der Waals surface area contributed by atoms with Gasteiger partial charge < -0.3 is 29.8 Å². The molecule has 1 atom stereocenters. The quantitative estimate of drug-likeness (QED) is 0.531. The molecule has 3 rings (SSSR count). The molecule has 0 spiro atoms. The number of rotatable bonds is 8. The molecule has 1 aromatic carbocycles. The number of aryl methyl sites for hydroxylation is 1. The van der Waals surface area contributed by atoms with Gasteiger partial charge in [-0.05, 0) is 37.6 Å². The number of hydrogen-bond donors (Lipinski definition) is 3. The van der Waals surface area contributed by atoms with E-state index in [1.165, 1.54) is 6.26 Å². The fourth-order valence-corrected chi connectivity index (χ4v) is 3.13. The van der Waals surface area contributed by atoms with Crippen LogP contribution < -0.4 is 16.0 Å². The Morgan fingerprint density at radius 3 is 2.59 bits per heavy atom. The molecule has 10 heteroatoms. The number of urea groups is 1. The van der Waals surface area contributed by atoms with Gasteiger partial charge in [0, 0.05) is 5.56 Å². The SMILES string of the molecule is CCOC(=O)C1=C(COC(=O)CNC(=O)c2ccccc2C)NC(=O)NC1c1ccco1. The molecule has 168 valence electrons. The molecule has 10 nitrogen and oxygen atoms in total. The Morgan fingerprint density at radius 1 is 1.12 bits per heavy atom. The van der Waals surface area contributed by atoms with E-state index in [0.29, 0.717) is 11.3 Å². The molecule has 0 bridgehead atoms. The number of benzene rings is 1. The lowest BCUT2D eigenvalue weighted by atomic mass is 10.0. The summed E-state index contributed by atoms with van der Waals surface area (Å²) in [6.07, 6.45) is 1.41. The maximum Gasteiger partial charge on any atom is 0.338 e. The summed E-state index contributed by atoms with van der Waals surface area (Å²) < 4.78 is 15.6. The molecular formula is C22H23N3O7. The van der Waals surface area contributed by atoms with E-state index in [1.54, 1.807) is 50.2 Å². The number of ether oxygens (including phenoxy) is 2. The fourth-order valence-electron chi connectivity index (χ4n) is 3.13. The molecule has 0 saturated heterocycles. The van der Waals surface area contributed by atoms with Crippen molar-refractivity contribution in [3.63, 3.8) is 0 Å². The van der Waals surface area contributed by atoms with Crippen molar-refractivity contribution < 1.29 is 33.1 Å². The summed E-state index contributed by atoms with van der Waals surface area (Å²) in [5.41, 5.74) is 1.33. The molecule has 0 aliphatic carbocycles. The molecule has 2 aromatic rings. The van der Waals surface area contributed by atoms with Crippen LogP contribution in [0.5, 0.6) is 0 Å². The largest absolute Gasteiger partial charge is 0.467 e. The van der Waals surface area contributed by atoms with Crippen LogP contribution in [0, 0.1) is 6.92 Å². The Morgan fingerprint density at radius 2 is 1.91 bits per heavy atom. The van der Waals surface area contributed by atoms with Gasteiger partial charge in [-0.25, -0.2) is 9.59 Å². The number of furan rings is 1. The second kappa shape index (κ2) is 10.3. The van der Waals surface area contributed by atoms with Gasteiger partial charge in [0.2, 0.25) is 0 Å². The minimum atomic E-state index is -0.910. The minimum absolute atomic E-state index is 0.0538. The number of carbonyl (C=O) groups excluding carboxylic acids is 4. The van der Waals surface area contributed by atoms with Gasteiger partial charge in [-0.15, -0.1) is 0 Å². The zero-order valence-electron chi connectivity index (χ0n) is 17.6. The molecule has 1 aliphatic heterocycles. The van der Waals surface area contributed by atoms with Crippen LogP contribution in [0.25, 0.3) is 0 Å². The van der Waals surface area contributed by atoms with Gasteiger partial charge in [-0.1, -0.05) is 18.2 Å². The van der Waals surface area contributed by atoms with Crippen molar-refractivity contribution in [1.29, 1.82) is 0 Å². The Balaban J connectivity index is 1.69. The van der Waals surface area contributed by atoms with Gasteiger partial charge in [0.05, 0.1) is 24.1 Å². The first kappa shape index (κ1) is 22.6. The zero-order valence-corrected chi connectivity index (χ0v) is 17.6. The van der Waals surface area contributed by atoms with Crippen LogP contribution in [0.3, 0.4) is 0 Å². The third-order valence-electron chi connectivity index (χ3n) is 4.64. The molecule has 3 N–H and O–H groups in total. The monoisotopic (exact) mass is 441 g/mol. The molecule has 0 radical (unpaired) electrons. The summed E-state index contributed by atoms with van der Waals surface area (Å²) >= 11 is 0. The third-order valence-corrected chi connectivity index (χ3v) is 4.64. The van der Waals surface area contributed by atoms with Crippen molar-refractivity contribution >= 4 is 23.9 Å². The number of carbonyl (C=O) groups is 4. The van der Waals surface area contributed by atoms with Crippen molar-refractivity contribution in [2.45, 2.75) is 19.9 Å². The van der Waals surface area contributed by atoms with E-state index in [1.807, 2.05) is 0 Å². The average molecular weight is 441 g/mol. The van der Waals surface area contributed by atoms with Crippen molar-refractivity contribution in [1.82, 2.24) is 16.0 Å². The lowest BCUT2D eigenvalue weighted by molar-refractivity contribution is -0.142. The summed E-state index contributed by atoms with van der Waals surface area (Å²) in [5.74, 6) is -1.54. The van der Waals surface area contributed by atoms with Gasteiger partial charge in [-0.2, -0.15) is 0 Å². The van der Waals surface area contributed by atoms with E-state index in [9.17, 15) is 19.2 Å². The van der Waals surface area contributed by atoms with E-state index >= 15 is 0 Å². The predicted molar refractivity (Wildman–Crippen MR) is 111 cm³/mol. The second-order valence-electron chi connectivity index (χ2n) is 6.82. The molecule has 0 saturated carbocycles. The summed E-state index contributed by atoms with van der Waals surface area (Å²) in [5, 5.41) is 7.55. The van der Waals surface area contributed by atoms with Crippen LogP contribution >= 0.6 is 0 Å². The zero-order chi connectivity index (χ0) is 23.1. The molecular weight excluding hydrogens is 418 g/mol. The van der Waals surface area contributed by atoms with E-state index in [2.05, 4.69) is 16.0 Å². The van der Waals surface area contributed by atoms with Crippen LogP contribution in [0.2, 0.25) is 0 Å². The first-order chi connectivity index (χ1) is 15.4.